The zero-order chi connectivity index (χ0) is 15.1. The van der Waals surface area contributed by atoms with Gasteiger partial charge in [-0.3, -0.25) is 4.90 Å². The second-order valence-corrected chi connectivity index (χ2v) is 5.07. The topological polar surface area (TPSA) is 71.1 Å². The van der Waals surface area contributed by atoms with Crippen LogP contribution in [0, 0.1) is 12.8 Å². The Morgan fingerprint density at radius 3 is 2.75 bits per heavy atom. The highest BCUT2D eigenvalue weighted by Gasteiger charge is 2.14. The molecule has 0 amide bonds. The Labute approximate surface area is 121 Å². The number of oxime groups is 1. The van der Waals surface area contributed by atoms with Gasteiger partial charge in [-0.25, -0.2) is 0 Å². The number of nitrogens with zero attached hydrogens (tertiary/aromatic N) is 2. The Morgan fingerprint density at radius 1 is 1.50 bits per heavy atom. The summed E-state index contributed by atoms with van der Waals surface area (Å²) in [4.78, 5) is 2.25. The van der Waals surface area contributed by atoms with Gasteiger partial charge in [0.2, 0.25) is 0 Å². The van der Waals surface area contributed by atoms with Crippen LogP contribution in [0.3, 0.4) is 0 Å². The lowest BCUT2D eigenvalue weighted by Gasteiger charge is -2.24. The molecule has 1 rings (SSSR count). The molecule has 5 heteroatoms. The molecule has 0 fully saturated rings. The minimum absolute atomic E-state index is 0.00996. The molecule has 5 nitrogen and oxygen atoms in total. The molecule has 0 spiro atoms. The monoisotopic (exact) mass is 279 g/mol. The number of benzene rings is 1. The third-order valence-corrected chi connectivity index (χ3v) is 3.43. The fourth-order valence-electron chi connectivity index (χ4n) is 2.16. The van der Waals surface area contributed by atoms with Crippen molar-refractivity contribution in [3.05, 3.63) is 29.3 Å². The van der Waals surface area contributed by atoms with Gasteiger partial charge in [-0.2, -0.15) is 0 Å². The van der Waals surface area contributed by atoms with Gasteiger partial charge in [-0.15, -0.1) is 0 Å². The Bertz CT molecular complexity index is 460. The molecule has 1 unspecified atom stereocenters. The summed E-state index contributed by atoms with van der Waals surface area (Å²) in [6, 6.07) is 6.17. The molecule has 0 aliphatic carbocycles. The zero-order valence-electron chi connectivity index (χ0n) is 12.8. The summed E-state index contributed by atoms with van der Waals surface area (Å²) in [5.74, 6) is 1.17. The maximum absolute atomic E-state index is 8.72. The quantitative estimate of drug-likeness (QED) is 0.347. The molecular weight excluding hydrogens is 254 g/mol. The van der Waals surface area contributed by atoms with Crippen molar-refractivity contribution < 1.29 is 9.94 Å². The molecule has 0 saturated heterocycles. The average Bonchev–Trinajstić information content (AvgIpc) is 2.45. The largest absolute Gasteiger partial charge is 0.496 e. The first-order valence-corrected chi connectivity index (χ1v) is 6.85. The summed E-state index contributed by atoms with van der Waals surface area (Å²) >= 11 is 0. The number of rotatable bonds is 7. The fraction of sp³-hybridized carbons (Fsp3) is 0.533. The van der Waals surface area contributed by atoms with Gasteiger partial charge in [0.15, 0.2) is 0 Å². The molecular formula is C15H25N3O2. The van der Waals surface area contributed by atoms with Gasteiger partial charge in [0, 0.05) is 24.6 Å². The molecule has 1 aromatic rings. The van der Waals surface area contributed by atoms with Crippen LogP contribution < -0.4 is 10.5 Å². The van der Waals surface area contributed by atoms with Crippen molar-refractivity contribution in [3.63, 3.8) is 0 Å². The second-order valence-electron chi connectivity index (χ2n) is 5.07. The van der Waals surface area contributed by atoms with E-state index in [0.29, 0.717) is 0 Å². The molecule has 0 radical (unpaired) electrons. The van der Waals surface area contributed by atoms with Gasteiger partial charge in [-0.1, -0.05) is 36.7 Å². The molecule has 0 aliphatic rings. The summed E-state index contributed by atoms with van der Waals surface area (Å²) in [6.45, 7) is 8.53. The van der Waals surface area contributed by atoms with Crippen LogP contribution in [0.5, 0.6) is 5.75 Å². The van der Waals surface area contributed by atoms with Crippen LogP contribution in [0.1, 0.15) is 25.0 Å². The highest BCUT2D eigenvalue weighted by atomic mass is 16.5. The molecule has 0 heterocycles. The van der Waals surface area contributed by atoms with E-state index < -0.39 is 0 Å². The highest BCUT2D eigenvalue weighted by molar-refractivity contribution is 5.82. The average molecular weight is 279 g/mol. The number of amidine groups is 1. The lowest BCUT2D eigenvalue weighted by molar-refractivity contribution is 0.254. The number of nitrogens with two attached hydrogens (primary N) is 1. The second kappa shape index (κ2) is 7.75. The SMILES string of the molecule is CCN(Cc1cc(C)ccc1OC)CC(C)C(N)=NO. The van der Waals surface area contributed by atoms with Crippen molar-refractivity contribution in [2.75, 3.05) is 20.2 Å². The first-order valence-electron chi connectivity index (χ1n) is 6.85. The third kappa shape index (κ3) is 4.42. The summed E-state index contributed by atoms with van der Waals surface area (Å²) < 4.78 is 5.40. The van der Waals surface area contributed by atoms with Crippen LogP contribution in [0.2, 0.25) is 0 Å². The summed E-state index contributed by atoms with van der Waals surface area (Å²) in [7, 11) is 1.68. The molecule has 20 heavy (non-hydrogen) atoms. The van der Waals surface area contributed by atoms with Crippen molar-refractivity contribution in [2.24, 2.45) is 16.8 Å². The highest BCUT2D eigenvalue weighted by Crippen LogP contribution is 2.21. The van der Waals surface area contributed by atoms with E-state index in [2.05, 4.69) is 30.0 Å². The Balaban J connectivity index is 2.80. The molecule has 0 saturated carbocycles. The molecule has 3 N–H and O–H groups in total. The molecule has 1 aromatic carbocycles. The number of methoxy groups -OCH3 is 1. The van der Waals surface area contributed by atoms with E-state index in [-0.39, 0.29) is 11.8 Å². The molecule has 1 atom stereocenters. The lowest BCUT2D eigenvalue weighted by atomic mass is 10.1. The summed E-state index contributed by atoms with van der Waals surface area (Å²) in [6.07, 6.45) is 0. The van der Waals surface area contributed by atoms with Gasteiger partial charge in [0.1, 0.15) is 11.6 Å². The van der Waals surface area contributed by atoms with Crippen LogP contribution in [-0.2, 0) is 6.54 Å². The van der Waals surface area contributed by atoms with Gasteiger partial charge in [0.05, 0.1) is 7.11 Å². The van der Waals surface area contributed by atoms with Gasteiger partial charge >= 0.3 is 0 Å². The normalized spacial score (nSPS) is 13.6. The predicted molar refractivity (Wildman–Crippen MR) is 81.3 cm³/mol. The van der Waals surface area contributed by atoms with Crippen LogP contribution in [0.4, 0.5) is 0 Å². The molecule has 0 aromatic heterocycles. The predicted octanol–water partition coefficient (Wildman–Crippen LogP) is 2.21. The molecule has 0 aliphatic heterocycles. The van der Waals surface area contributed by atoms with E-state index in [0.717, 1.165) is 30.9 Å². The smallest absolute Gasteiger partial charge is 0.143 e. The van der Waals surface area contributed by atoms with Crippen LogP contribution in [0.15, 0.2) is 23.4 Å². The fourth-order valence-corrected chi connectivity index (χ4v) is 2.16. The van der Waals surface area contributed by atoms with Crippen LogP contribution in [-0.4, -0.2) is 36.1 Å². The van der Waals surface area contributed by atoms with Crippen LogP contribution >= 0.6 is 0 Å². The van der Waals surface area contributed by atoms with Crippen molar-refractivity contribution >= 4 is 5.84 Å². The number of hydrogen-bond donors (Lipinski definition) is 2. The maximum Gasteiger partial charge on any atom is 0.143 e. The van der Waals surface area contributed by atoms with E-state index in [9.17, 15) is 0 Å². The zero-order valence-corrected chi connectivity index (χ0v) is 12.8. The molecule has 112 valence electrons. The van der Waals surface area contributed by atoms with Crippen molar-refractivity contribution in [1.29, 1.82) is 0 Å². The van der Waals surface area contributed by atoms with E-state index >= 15 is 0 Å². The summed E-state index contributed by atoms with van der Waals surface area (Å²) in [5.41, 5.74) is 8.01. The Morgan fingerprint density at radius 2 is 2.20 bits per heavy atom. The minimum Gasteiger partial charge on any atom is -0.496 e. The van der Waals surface area contributed by atoms with Crippen molar-refractivity contribution in [3.8, 4) is 5.75 Å². The van der Waals surface area contributed by atoms with Crippen molar-refractivity contribution in [2.45, 2.75) is 27.3 Å². The maximum atomic E-state index is 8.72. The first kappa shape index (κ1) is 16.3. The van der Waals surface area contributed by atoms with Crippen LogP contribution in [0.25, 0.3) is 0 Å². The van der Waals surface area contributed by atoms with Gasteiger partial charge in [0.25, 0.3) is 0 Å². The summed E-state index contributed by atoms with van der Waals surface area (Å²) in [5, 5.41) is 11.8. The standard InChI is InChI=1S/C15H25N3O2/c1-5-18(9-12(3)15(16)17-19)10-13-8-11(2)6-7-14(13)20-4/h6-8,12,19H,5,9-10H2,1-4H3,(H2,16,17). The van der Waals surface area contributed by atoms with Crippen molar-refractivity contribution in [1.82, 2.24) is 4.90 Å². The lowest BCUT2D eigenvalue weighted by Crippen LogP contribution is -2.34. The van der Waals surface area contributed by atoms with E-state index in [1.54, 1.807) is 7.11 Å². The first-order chi connectivity index (χ1) is 9.51. The molecule has 0 bridgehead atoms. The number of hydrogen-bond acceptors (Lipinski definition) is 4. The third-order valence-electron chi connectivity index (χ3n) is 3.43. The number of ether oxygens (including phenoxy) is 1. The Kier molecular flexibility index (Phi) is 6.31. The van der Waals surface area contributed by atoms with Gasteiger partial charge < -0.3 is 15.7 Å². The minimum atomic E-state index is 0.00996. The number of aryl methyl sites for hydroxylation is 1. The van der Waals surface area contributed by atoms with E-state index in [4.69, 9.17) is 15.7 Å². The van der Waals surface area contributed by atoms with E-state index in [1.807, 2.05) is 19.1 Å². The van der Waals surface area contributed by atoms with E-state index in [1.165, 1.54) is 5.56 Å². The van der Waals surface area contributed by atoms with Gasteiger partial charge in [-0.05, 0) is 19.5 Å². The Hall–Kier alpha value is -1.75.